The van der Waals surface area contributed by atoms with Gasteiger partial charge in [-0.1, -0.05) is 18.6 Å². The van der Waals surface area contributed by atoms with Crippen LogP contribution < -0.4 is 10.2 Å². The molecule has 148 valence electrons. The maximum Gasteiger partial charge on any atom is 0.426 e. The number of carbonyl (C=O) groups is 2. The SMILES string of the molecule is CCCN(NC(=O)OC(C)(C)C)C(=O)c1cccc(OCC=C2CCC2)c1. The molecule has 0 saturated heterocycles. The number of amides is 2. The Morgan fingerprint density at radius 3 is 2.59 bits per heavy atom. The fraction of sp³-hybridized carbons (Fsp3) is 0.524. The lowest BCUT2D eigenvalue weighted by molar-refractivity contribution is 0.0294. The van der Waals surface area contributed by atoms with Crippen LogP contribution in [0.3, 0.4) is 0 Å². The number of nitrogens with zero attached hydrogens (tertiary/aromatic N) is 1. The summed E-state index contributed by atoms with van der Waals surface area (Å²) < 4.78 is 11.0. The molecule has 0 radical (unpaired) electrons. The molecule has 1 aromatic carbocycles. The number of hydrogen-bond donors (Lipinski definition) is 1. The summed E-state index contributed by atoms with van der Waals surface area (Å²) in [6.45, 7) is 8.15. The van der Waals surface area contributed by atoms with Gasteiger partial charge in [0.2, 0.25) is 0 Å². The molecule has 1 aromatic rings. The molecule has 6 nitrogen and oxygen atoms in total. The normalized spacial score (nSPS) is 13.4. The van der Waals surface area contributed by atoms with Gasteiger partial charge in [0.25, 0.3) is 5.91 Å². The van der Waals surface area contributed by atoms with Crippen LogP contribution in [0.2, 0.25) is 0 Å². The van der Waals surface area contributed by atoms with Crippen LogP contribution in [0, 0.1) is 0 Å². The zero-order valence-corrected chi connectivity index (χ0v) is 16.7. The summed E-state index contributed by atoms with van der Waals surface area (Å²) in [4.78, 5) is 24.8. The molecule has 1 saturated carbocycles. The average molecular weight is 374 g/mol. The molecule has 0 aliphatic heterocycles. The Bertz CT molecular complexity index is 686. The van der Waals surface area contributed by atoms with Crippen LogP contribution in [0.5, 0.6) is 5.75 Å². The van der Waals surface area contributed by atoms with Gasteiger partial charge >= 0.3 is 6.09 Å². The van der Waals surface area contributed by atoms with Gasteiger partial charge in [-0.3, -0.25) is 4.79 Å². The zero-order chi connectivity index (χ0) is 19.9. The van der Waals surface area contributed by atoms with E-state index in [-0.39, 0.29) is 5.91 Å². The standard InChI is InChI=1S/C21H30N2O4/c1-5-13-23(22-20(25)27-21(2,3)4)19(24)17-10-7-11-18(15-17)26-14-12-16-8-6-9-16/h7,10-12,15H,5-6,8-9,13-14H2,1-4H3,(H,22,25). The minimum Gasteiger partial charge on any atom is -0.490 e. The molecule has 0 spiro atoms. The van der Waals surface area contributed by atoms with Gasteiger partial charge in [0, 0.05) is 12.1 Å². The van der Waals surface area contributed by atoms with Crippen LogP contribution in [-0.2, 0) is 4.74 Å². The first-order valence-electron chi connectivity index (χ1n) is 9.51. The van der Waals surface area contributed by atoms with E-state index < -0.39 is 11.7 Å². The monoisotopic (exact) mass is 374 g/mol. The van der Waals surface area contributed by atoms with Crippen molar-refractivity contribution in [1.82, 2.24) is 10.4 Å². The summed E-state index contributed by atoms with van der Waals surface area (Å²) in [5.74, 6) is 0.330. The van der Waals surface area contributed by atoms with E-state index in [4.69, 9.17) is 9.47 Å². The number of hydrazine groups is 1. The van der Waals surface area contributed by atoms with Gasteiger partial charge < -0.3 is 9.47 Å². The van der Waals surface area contributed by atoms with Crippen LogP contribution in [0.15, 0.2) is 35.9 Å². The van der Waals surface area contributed by atoms with Gasteiger partial charge in [0.15, 0.2) is 0 Å². The molecule has 0 bridgehead atoms. The third kappa shape index (κ3) is 6.96. The molecule has 27 heavy (non-hydrogen) atoms. The van der Waals surface area contributed by atoms with E-state index in [1.165, 1.54) is 17.0 Å². The first-order chi connectivity index (χ1) is 12.8. The highest BCUT2D eigenvalue weighted by Crippen LogP contribution is 2.25. The van der Waals surface area contributed by atoms with E-state index in [1.54, 1.807) is 39.0 Å². The second-order valence-corrected chi connectivity index (χ2v) is 7.63. The van der Waals surface area contributed by atoms with Crippen LogP contribution >= 0.6 is 0 Å². The second kappa shape index (κ2) is 9.44. The molecule has 1 N–H and O–H groups in total. The van der Waals surface area contributed by atoms with Crippen molar-refractivity contribution in [3.63, 3.8) is 0 Å². The maximum absolute atomic E-state index is 12.8. The summed E-state index contributed by atoms with van der Waals surface area (Å²) in [5.41, 5.74) is 3.79. The number of carbonyl (C=O) groups excluding carboxylic acids is 2. The molecule has 1 aliphatic rings. The lowest BCUT2D eigenvalue weighted by Crippen LogP contribution is -2.48. The average Bonchev–Trinajstić information content (AvgIpc) is 2.54. The number of hydrogen-bond acceptors (Lipinski definition) is 4. The highest BCUT2D eigenvalue weighted by atomic mass is 16.6. The Kier molecular flexibility index (Phi) is 7.28. The fourth-order valence-electron chi connectivity index (χ4n) is 2.56. The predicted octanol–water partition coefficient (Wildman–Crippen LogP) is 4.47. The van der Waals surface area contributed by atoms with E-state index in [1.807, 2.05) is 13.0 Å². The molecule has 0 unspecified atom stereocenters. The summed E-state index contributed by atoms with van der Waals surface area (Å²) in [6.07, 6.45) is 5.72. The summed E-state index contributed by atoms with van der Waals surface area (Å²) in [6, 6.07) is 7.00. The lowest BCUT2D eigenvalue weighted by Gasteiger charge is -2.26. The van der Waals surface area contributed by atoms with Gasteiger partial charge in [-0.2, -0.15) is 0 Å². The van der Waals surface area contributed by atoms with Crippen LogP contribution in [0.4, 0.5) is 4.79 Å². The first-order valence-corrected chi connectivity index (χ1v) is 9.51. The minimum atomic E-state index is -0.649. The number of ether oxygens (including phenoxy) is 2. The lowest BCUT2D eigenvalue weighted by atomic mass is 9.92. The van der Waals surface area contributed by atoms with Crippen molar-refractivity contribution in [3.05, 3.63) is 41.5 Å². The van der Waals surface area contributed by atoms with Gasteiger partial charge in [-0.25, -0.2) is 15.2 Å². The molecular weight excluding hydrogens is 344 g/mol. The fourth-order valence-corrected chi connectivity index (χ4v) is 2.56. The van der Waals surface area contributed by atoms with Crippen molar-refractivity contribution < 1.29 is 19.1 Å². The smallest absolute Gasteiger partial charge is 0.426 e. The number of nitrogens with one attached hydrogen (secondary N) is 1. The summed E-state index contributed by atoms with van der Waals surface area (Å²) in [7, 11) is 0. The van der Waals surface area contributed by atoms with E-state index in [9.17, 15) is 9.59 Å². The zero-order valence-electron chi connectivity index (χ0n) is 16.7. The molecule has 6 heteroatoms. The van der Waals surface area contributed by atoms with Gasteiger partial charge in [0.05, 0.1) is 0 Å². The van der Waals surface area contributed by atoms with Crippen molar-refractivity contribution in [2.24, 2.45) is 0 Å². The van der Waals surface area contributed by atoms with Crippen molar-refractivity contribution in [1.29, 1.82) is 0 Å². The number of rotatable bonds is 6. The van der Waals surface area contributed by atoms with E-state index in [0.29, 0.717) is 30.9 Å². The first kappa shape index (κ1) is 20.8. The molecule has 2 amide bonds. The second-order valence-electron chi connectivity index (χ2n) is 7.63. The van der Waals surface area contributed by atoms with Crippen LogP contribution in [0.25, 0.3) is 0 Å². The molecular formula is C21H30N2O4. The topological polar surface area (TPSA) is 67.9 Å². The molecule has 0 aromatic heterocycles. The van der Waals surface area contributed by atoms with Gasteiger partial charge in [-0.15, -0.1) is 0 Å². The highest BCUT2D eigenvalue weighted by molar-refractivity contribution is 5.95. The number of allylic oxidation sites excluding steroid dienone is 1. The molecule has 1 aliphatic carbocycles. The molecule has 1 fully saturated rings. The van der Waals surface area contributed by atoms with Crippen molar-refractivity contribution in [2.75, 3.05) is 13.2 Å². The molecule has 0 heterocycles. The largest absolute Gasteiger partial charge is 0.490 e. The highest BCUT2D eigenvalue weighted by Gasteiger charge is 2.22. The van der Waals surface area contributed by atoms with Crippen molar-refractivity contribution in [2.45, 2.75) is 59.0 Å². The maximum atomic E-state index is 12.8. The Morgan fingerprint density at radius 2 is 2.00 bits per heavy atom. The molecule has 0 atom stereocenters. The van der Waals surface area contributed by atoms with Crippen molar-refractivity contribution in [3.8, 4) is 5.75 Å². The Balaban J connectivity index is 2.01. The Hall–Kier alpha value is -2.50. The minimum absolute atomic E-state index is 0.300. The predicted molar refractivity (Wildman–Crippen MR) is 105 cm³/mol. The van der Waals surface area contributed by atoms with E-state index >= 15 is 0 Å². The van der Waals surface area contributed by atoms with Gasteiger partial charge in [-0.05, 0) is 70.7 Å². The van der Waals surface area contributed by atoms with Crippen molar-refractivity contribution >= 4 is 12.0 Å². The quantitative estimate of drug-likeness (QED) is 0.589. The van der Waals surface area contributed by atoms with E-state index in [0.717, 1.165) is 12.8 Å². The molecule has 2 rings (SSSR count). The van der Waals surface area contributed by atoms with Crippen LogP contribution in [0.1, 0.15) is 63.7 Å². The Labute approximate surface area is 161 Å². The number of benzene rings is 1. The van der Waals surface area contributed by atoms with Gasteiger partial charge in [0.1, 0.15) is 18.0 Å². The van der Waals surface area contributed by atoms with Crippen LogP contribution in [-0.4, -0.2) is 35.8 Å². The third-order valence-electron chi connectivity index (χ3n) is 4.02. The summed E-state index contributed by atoms with van der Waals surface area (Å²) in [5, 5.41) is 1.28. The van der Waals surface area contributed by atoms with E-state index in [2.05, 4.69) is 11.5 Å². The third-order valence-corrected chi connectivity index (χ3v) is 4.02. The Morgan fingerprint density at radius 1 is 1.26 bits per heavy atom. The summed E-state index contributed by atoms with van der Waals surface area (Å²) >= 11 is 0.